The third-order valence-corrected chi connectivity index (χ3v) is 5.60. The predicted molar refractivity (Wildman–Crippen MR) is 120 cm³/mol. The molecule has 7 nitrogen and oxygen atoms in total. The van der Waals surface area contributed by atoms with Gasteiger partial charge in [0.05, 0.1) is 46.2 Å². The van der Waals surface area contributed by atoms with E-state index < -0.39 is 0 Å². The molecule has 0 unspecified atom stereocenters. The molecule has 1 aliphatic heterocycles. The third kappa shape index (κ3) is 3.67. The Hall–Kier alpha value is -2.87. The maximum absolute atomic E-state index is 6.34. The smallest absolute Gasteiger partial charge is 0.159 e. The van der Waals surface area contributed by atoms with E-state index in [0.717, 1.165) is 37.5 Å². The van der Waals surface area contributed by atoms with Crippen molar-refractivity contribution < 1.29 is 4.74 Å². The molecule has 1 fully saturated rings. The Balaban J connectivity index is 1.44. The van der Waals surface area contributed by atoms with Crippen molar-refractivity contribution >= 4 is 51.6 Å². The van der Waals surface area contributed by atoms with Gasteiger partial charge in [0.2, 0.25) is 0 Å². The molecule has 0 amide bonds. The molecule has 0 saturated carbocycles. The highest BCUT2D eigenvalue weighted by atomic mass is 35.5. The molecule has 4 heterocycles. The average molecular weight is 441 g/mol. The molecule has 3 aromatic heterocycles. The maximum atomic E-state index is 6.34. The molecule has 152 valence electrons. The summed E-state index contributed by atoms with van der Waals surface area (Å²) in [6.45, 7) is 3.22. The minimum Gasteiger partial charge on any atom is -0.378 e. The van der Waals surface area contributed by atoms with Gasteiger partial charge in [-0.05, 0) is 30.3 Å². The number of imidazole rings is 1. The summed E-state index contributed by atoms with van der Waals surface area (Å²) in [6, 6.07) is 11.2. The number of benzene rings is 1. The fourth-order valence-corrected chi connectivity index (χ4v) is 4.04. The summed E-state index contributed by atoms with van der Waals surface area (Å²) >= 11 is 12.7. The summed E-state index contributed by atoms with van der Waals surface area (Å²) in [5.41, 5.74) is 3.24. The molecule has 5 rings (SSSR count). The zero-order chi connectivity index (χ0) is 20.5. The van der Waals surface area contributed by atoms with E-state index in [1.165, 1.54) is 0 Å². The number of ether oxygens (including phenoxy) is 1. The van der Waals surface area contributed by atoms with Crippen molar-refractivity contribution in [2.75, 3.05) is 36.5 Å². The number of aromatic nitrogens is 4. The van der Waals surface area contributed by atoms with Gasteiger partial charge in [-0.3, -0.25) is 0 Å². The first-order valence-electron chi connectivity index (χ1n) is 9.54. The molecular weight excluding hydrogens is 423 g/mol. The topological polar surface area (TPSA) is 79.0 Å². The van der Waals surface area contributed by atoms with Crippen molar-refractivity contribution in [3.8, 4) is 11.4 Å². The van der Waals surface area contributed by atoms with Crippen molar-refractivity contribution in [2.24, 2.45) is 0 Å². The van der Waals surface area contributed by atoms with Gasteiger partial charge >= 0.3 is 0 Å². The quantitative estimate of drug-likeness (QED) is 0.469. The standard InChI is InChI=1S/C21H18Cl2N6O/c22-14-2-1-3-15(23)18(14)20-26-16-6-7-24-21(19(16)28-20)27-17-5-4-13(12-25-17)29-8-10-30-11-9-29/h1-7,12H,8-11H2,(H,26,28)(H,24,25,27). The Morgan fingerprint density at radius 2 is 1.80 bits per heavy atom. The number of halogens is 2. The highest BCUT2D eigenvalue weighted by Gasteiger charge is 2.16. The van der Waals surface area contributed by atoms with Crippen molar-refractivity contribution in [1.82, 2.24) is 19.9 Å². The van der Waals surface area contributed by atoms with E-state index in [1.54, 1.807) is 24.4 Å². The van der Waals surface area contributed by atoms with Crippen molar-refractivity contribution in [3.63, 3.8) is 0 Å². The molecule has 2 N–H and O–H groups in total. The zero-order valence-electron chi connectivity index (χ0n) is 15.9. The van der Waals surface area contributed by atoms with E-state index in [9.17, 15) is 0 Å². The van der Waals surface area contributed by atoms with Crippen LogP contribution in [0.1, 0.15) is 0 Å². The summed E-state index contributed by atoms with van der Waals surface area (Å²) in [4.78, 5) is 19.2. The van der Waals surface area contributed by atoms with Crippen LogP contribution in [0.15, 0.2) is 48.8 Å². The number of hydrogen-bond acceptors (Lipinski definition) is 6. The molecule has 30 heavy (non-hydrogen) atoms. The largest absolute Gasteiger partial charge is 0.378 e. The van der Waals surface area contributed by atoms with Crippen LogP contribution in [0.2, 0.25) is 10.0 Å². The van der Waals surface area contributed by atoms with Crippen LogP contribution in [0.4, 0.5) is 17.3 Å². The second-order valence-corrected chi connectivity index (χ2v) is 7.68. The first-order valence-corrected chi connectivity index (χ1v) is 10.3. The van der Waals surface area contributed by atoms with Crippen molar-refractivity contribution in [3.05, 3.63) is 58.8 Å². The predicted octanol–water partition coefficient (Wildman–Crippen LogP) is 4.91. The average Bonchev–Trinajstić information content (AvgIpc) is 3.20. The van der Waals surface area contributed by atoms with Crippen molar-refractivity contribution in [2.45, 2.75) is 0 Å². The Kier molecular flexibility index (Phi) is 5.16. The third-order valence-electron chi connectivity index (χ3n) is 4.97. The Morgan fingerprint density at radius 3 is 2.53 bits per heavy atom. The number of morpholine rings is 1. The minimum absolute atomic E-state index is 0.532. The van der Waals surface area contributed by atoms with Crippen LogP contribution in [-0.2, 0) is 4.74 Å². The maximum Gasteiger partial charge on any atom is 0.159 e. The molecule has 1 saturated heterocycles. The van der Waals surface area contributed by atoms with E-state index in [1.807, 2.05) is 24.4 Å². The fraction of sp³-hybridized carbons (Fsp3) is 0.190. The van der Waals surface area contributed by atoms with E-state index in [4.69, 9.17) is 32.9 Å². The lowest BCUT2D eigenvalue weighted by Crippen LogP contribution is -2.36. The molecular formula is C21H18Cl2N6O. The molecule has 0 radical (unpaired) electrons. The number of pyridine rings is 2. The van der Waals surface area contributed by atoms with E-state index >= 15 is 0 Å². The van der Waals surface area contributed by atoms with Crippen LogP contribution in [0, 0.1) is 0 Å². The van der Waals surface area contributed by atoms with Crippen LogP contribution < -0.4 is 10.2 Å². The van der Waals surface area contributed by atoms with Crippen LogP contribution >= 0.6 is 23.2 Å². The second kappa shape index (κ2) is 8.10. The van der Waals surface area contributed by atoms with E-state index in [-0.39, 0.29) is 0 Å². The van der Waals surface area contributed by atoms with Crippen LogP contribution in [0.25, 0.3) is 22.4 Å². The first kappa shape index (κ1) is 19.1. The monoisotopic (exact) mass is 440 g/mol. The van der Waals surface area contributed by atoms with Crippen molar-refractivity contribution in [1.29, 1.82) is 0 Å². The number of anilines is 3. The molecule has 1 aliphatic rings. The van der Waals surface area contributed by atoms with Gasteiger partial charge in [-0.2, -0.15) is 0 Å². The van der Waals surface area contributed by atoms with Gasteiger partial charge < -0.3 is 19.9 Å². The van der Waals surface area contributed by atoms with Gasteiger partial charge in [-0.1, -0.05) is 29.3 Å². The van der Waals surface area contributed by atoms with E-state index in [2.05, 4.69) is 25.2 Å². The summed E-state index contributed by atoms with van der Waals surface area (Å²) in [6.07, 6.45) is 3.57. The Morgan fingerprint density at radius 1 is 1.00 bits per heavy atom. The van der Waals surface area contributed by atoms with E-state index in [0.29, 0.717) is 38.6 Å². The number of H-pyrrole nitrogens is 1. The highest BCUT2D eigenvalue weighted by Crippen LogP contribution is 2.35. The van der Waals surface area contributed by atoms with Gasteiger partial charge in [-0.15, -0.1) is 0 Å². The van der Waals surface area contributed by atoms with Gasteiger partial charge in [0.25, 0.3) is 0 Å². The molecule has 4 aromatic rings. The fourth-order valence-electron chi connectivity index (χ4n) is 3.46. The van der Waals surface area contributed by atoms with Crippen LogP contribution in [0.3, 0.4) is 0 Å². The van der Waals surface area contributed by atoms with Gasteiger partial charge in [-0.25, -0.2) is 15.0 Å². The highest BCUT2D eigenvalue weighted by molar-refractivity contribution is 6.39. The summed E-state index contributed by atoms with van der Waals surface area (Å²) in [7, 11) is 0. The lowest BCUT2D eigenvalue weighted by atomic mass is 10.2. The second-order valence-electron chi connectivity index (χ2n) is 6.86. The number of hydrogen-bond donors (Lipinski definition) is 2. The molecule has 0 aliphatic carbocycles. The summed E-state index contributed by atoms with van der Waals surface area (Å²) in [5, 5.41) is 4.32. The lowest BCUT2D eigenvalue weighted by Gasteiger charge is -2.28. The van der Waals surface area contributed by atoms with Crippen LogP contribution in [0.5, 0.6) is 0 Å². The SMILES string of the molecule is Clc1cccc(Cl)c1-c1nc2c(Nc3ccc(N4CCOCC4)cn3)nccc2[nH]1. The summed E-state index contributed by atoms with van der Waals surface area (Å²) in [5.74, 6) is 1.88. The number of rotatable bonds is 4. The Labute approximate surface area is 183 Å². The Bertz CT molecular complexity index is 1170. The van der Waals surface area contributed by atoms with Crippen LogP contribution in [-0.4, -0.2) is 46.2 Å². The number of fused-ring (bicyclic) bond motifs is 1. The molecule has 0 atom stereocenters. The minimum atomic E-state index is 0.532. The molecule has 9 heteroatoms. The lowest BCUT2D eigenvalue weighted by molar-refractivity contribution is 0.122. The zero-order valence-corrected chi connectivity index (χ0v) is 17.4. The number of nitrogens with one attached hydrogen (secondary N) is 2. The molecule has 1 aromatic carbocycles. The molecule has 0 spiro atoms. The van der Waals surface area contributed by atoms with Gasteiger partial charge in [0.15, 0.2) is 5.82 Å². The normalized spacial score (nSPS) is 14.3. The summed E-state index contributed by atoms with van der Waals surface area (Å²) < 4.78 is 5.40. The van der Waals surface area contributed by atoms with Gasteiger partial charge in [0, 0.05) is 19.3 Å². The molecule has 0 bridgehead atoms. The van der Waals surface area contributed by atoms with Gasteiger partial charge in [0.1, 0.15) is 17.2 Å². The number of nitrogens with zero attached hydrogens (tertiary/aromatic N) is 4. The number of aromatic amines is 1. The first-order chi connectivity index (χ1) is 14.7.